The first kappa shape index (κ1) is 24.0. The fraction of sp³-hybridized carbons (Fsp3) is 0.292. The van der Waals surface area contributed by atoms with Crippen LogP contribution in [-0.4, -0.2) is 36.9 Å². The van der Waals surface area contributed by atoms with Crippen LogP contribution in [0.4, 0.5) is 4.39 Å². The predicted molar refractivity (Wildman–Crippen MR) is 127 cm³/mol. The van der Waals surface area contributed by atoms with Crippen molar-refractivity contribution in [2.24, 2.45) is 0 Å². The SMILES string of the molecule is O=C(O)Cc1cc(C2CCN(S(=O)(=O)c3ccc(Cl)cc3Cl)CC2)c2cc(CF)ccc2c1. The van der Waals surface area contributed by atoms with Crippen LogP contribution in [0.1, 0.15) is 35.4 Å². The Morgan fingerprint density at radius 3 is 2.39 bits per heavy atom. The molecule has 33 heavy (non-hydrogen) atoms. The smallest absolute Gasteiger partial charge is 0.307 e. The van der Waals surface area contributed by atoms with Gasteiger partial charge in [-0.15, -0.1) is 0 Å². The van der Waals surface area contributed by atoms with Crippen molar-refractivity contribution in [3.63, 3.8) is 0 Å². The van der Waals surface area contributed by atoms with Crippen molar-refractivity contribution < 1.29 is 22.7 Å². The first-order valence-corrected chi connectivity index (χ1v) is 12.7. The molecule has 1 aliphatic rings. The van der Waals surface area contributed by atoms with E-state index < -0.39 is 22.7 Å². The summed E-state index contributed by atoms with van der Waals surface area (Å²) in [6.07, 6.45) is 0.988. The lowest BCUT2D eigenvalue weighted by atomic mass is 9.85. The Kier molecular flexibility index (Phi) is 6.96. The average molecular weight is 510 g/mol. The van der Waals surface area contributed by atoms with Crippen molar-refractivity contribution in [1.82, 2.24) is 4.31 Å². The van der Waals surface area contributed by atoms with Crippen LogP contribution >= 0.6 is 23.2 Å². The van der Waals surface area contributed by atoms with Gasteiger partial charge in [0.25, 0.3) is 0 Å². The normalized spacial score (nSPS) is 15.7. The van der Waals surface area contributed by atoms with Crippen molar-refractivity contribution in [3.8, 4) is 0 Å². The van der Waals surface area contributed by atoms with E-state index in [0.717, 1.165) is 16.3 Å². The Balaban J connectivity index is 1.64. The minimum absolute atomic E-state index is 0.0169. The molecule has 0 aromatic heterocycles. The third kappa shape index (κ3) is 5.01. The van der Waals surface area contributed by atoms with E-state index in [0.29, 0.717) is 42.1 Å². The lowest BCUT2D eigenvalue weighted by Crippen LogP contribution is -2.38. The number of sulfonamides is 1. The van der Waals surface area contributed by atoms with Gasteiger partial charge in [0, 0.05) is 18.1 Å². The first-order chi connectivity index (χ1) is 15.7. The van der Waals surface area contributed by atoms with Crippen LogP contribution in [0.15, 0.2) is 53.4 Å². The Morgan fingerprint density at radius 1 is 1.03 bits per heavy atom. The number of fused-ring (bicyclic) bond motifs is 1. The van der Waals surface area contributed by atoms with Crippen molar-refractivity contribution in [2.75, 3.05) is 13.1 Å². The zero-order valence-corrected chi connectivity index (χ0v) is 19.9. The third-order valence-corrected chi connectivity index (χ3v) is 8.64. The van der Waals surface area contributed by atoms with Gasteiger partial charge in [-0.1, -0.05) is 47.5 Å². The van der Waals surface area contributed by atoms with Crippen LogP contribution in [0.25, 0.3) is 10.8 Å². The van der Waals surface area contributed by atoms with Crippen LogP contribution in [0, 0.1) is 0 Å². The van der Waals surface area contributed by atoms with Crippen molar-refractivity contribution in [3.05, 3.63) is 75.3 Å². The molecule has 0 saturated carbocycles. The van der Waals surface area contributed by atoms with Gasteiger partial charge >= 0.3 is 5.97 Å². The molecule has 0 bridgehead atoms. The summed E-state index contributed by atoms with van der Waals surface area (Å²) in [7, 11) is -3.78. The monoisotopic (exact) mass is 509 g/mol. The molecule has 1 heterocycles. The molecule has 9 heteroatoms. The van der Waals surface area contributed by atoms with Crippen molar-refractivity contribution in [2.45, 2.75) is 36.8 Å². The molecule has 0 radical (unpaired) electrons. The highest BCUT2D eigenvalue weighted by Crippen LogP contribution is 2.37. The molecule has 1 aliphatic heterocycles. The number of benzene rings is 3. The number of aliphatic carboxylic acids is 1. The molecule has 1 saturated heterocycles. The quantitative estimate of drug-likeness (QED) is 0.454. The molecule has 0 amide bonds. The maximum absolute atomic E-state index is 13.3. The van der Waals surface area contributed by atoms with E-state index in [4.69, 9.17) is 23.2 Å². The maximum atomic E-state index is 13.3. The molecular weight excluding hydrogens is 488 g/mol. The van der Waals surface area contributed by atoms with E-state index in [1.54, 1.807) is 18.2 Å². The van der Waals surface area contributed by atoms with Crippen LogP contribution < -0.4 is 0 Å². The molecule has 4 rings (SSSR count). The van der Waals surface area contributed by atoms with E-state index >= 15 is 0 Å². The Morgan fingerprint density at radius 2 is 1.76 bits per heavy atom. The number of nitrogens with zero attached hydrogens (tertiary/aromatic N) is 1. The third-order valence-electron chi connectivity index (χ3n) is 6.03. The molecule has 174 valence electrons. The zero-order chi connectivity index (χ0) is 23.8. The van der Waals surface area contributed by atoms with Gasteiger partial charge < -0.3 is 5.11 Å². The lowest BCUT2D eigenvalue weighted by Gasteiger charge is -2.32. The Hall–Kier alpha value is -2.19. The van der Waals surface area contributed by atoms with Crippen LogP contribution in [-0.2, 0) is 27.9 Å². The van der Waals surface area contributed by atoms with Crippen molar-refractivity contribution in [1.29, 1.82) is 0 Å². The number of carbonyl (C=O) groups is 1. The van der Waals surface area contributed by atoms with E-state index in [1.165, 1.54) is 22.5 Å². The number of alkyl halides is 1. The van der Waals surface area contributed by atoms with Gasteiger partial charge in [-0.3, -0.25) is 4.79 Å². The van der Waals surface area contributed by atoms with Crippen LogP contribution in [0.3, 0.4) is 0 Å². The minimum atomic E-state index is -3.78. The number of hydrogen-bond acceptors (Lipinski definition) is 3. The number of halogens is 3. The van der Waals surface area contributed by atoms with E-state index in [9.17, 15) is 22.7 Å². The van der Waals surface area contributed by atoms with Gasteiger partial charge in [0.2, 0.25) is 10.0 Å². The number of hydrogen-bond donors (Lipinski definition) is 1. The Labute approximate surface area is 201 Å². The molecule has 0 atom stereocenters. The first-order valence-electron chi connectivity index (χ1n) is 10.5. The van der Waals surface area contributed by atoms with Gasteiger partial charge in [0.15, 0.2) is 0 Å². The molecule has 0 unspecified atom stereocenters. The second-order valence-corrected chi connectivity index (χ2v) is 10.9. The van der Waals surface area contributed by atoms with Crippen LogP contribution in [0.5, 0.6) is 0 Å². The maximum Gasteiger partial charge on any atom is 0.307 e. The summed E-state index contributed by atoms with van der Waals surface area (Å²) in [5, 5.41) is 11.4. The van der Waals surface area contributed by atoms with Gasteiger partial charge in [0.05, 0.1) is 11.4 Å². The average Bonchev–Trinajstić information content (AvgIpc) is 2.77. The molecule has 3 aromatic carbocycles. The molecule has 5 nitrogen and oxygen atoms in total. The number of carboxylic acids is 1. The molecule has 3 aromatic rings. The predicted octanol–water partition coefficient (Wildman–Crippen LogP) is 5.81. The summed E-state index contributed by atoms with van der Waals surface area (Å²) in [5.41, 5.74) is 2.15. The highest BCUT2D eigenvalue weighted by Gasteiger charge is 2.32. The lowest BCUT2D eigenvalue weighted by molar-refractivity contribution is -0.136. The standard InChI is InChI=1S/C24H22Cl2FNO4S/c25-19-3-4-23(22(26)13-19)33(31,32)28-7-5-17(6-8-28)20-11-16(12-24(29)30)9-18-2-1-15(14-27)10-21(18)20/h1-4,9-11,13,17H,5-8,12,14H2,(H,29,30). The summed E-state index contributed by atoms with van der Waals surface area (Å²) in [6, 6.07) is 13.3. The van der Waals surface area contributed by atoms with Gasteiger partial charge in [0.1, 0.15) is 11.6 Å². The summed E-state index contributed by atoms with van der Waals surface area (Å²) >= 11 is 12.0. The molecular formula is C24H22Cl2FNO4S. The van der Waals surface area contributed by atoms with Gasteiger partial charge in [-0.05, 0) is 70.5 Å². The fourth-order valence-electron chi connectivity index (χ4n) is 4.43. The fourth-order valence-corrected chi connectivity index (χ4v) is 6.64. The zero-order valence-electron chi connectivity index (χ0n) is 17.6. The highest BCUT2D eigenvalue weighted by molar-refractivity contribution is 7.89. The van der Waals surface area contributed by atoms with E-state index in [-0.39, 0.29) is 22.3 Å². The van der Waals surface area contributed by atoms with Crippen molar-refractivity contribution >= 4 is 50.0 Å². The largest absolute Gasteiger partial charge is 0.481 e. The van der Waals surface area contributed by atoms with Gasteiger partial charge in [-0.25, -0.2) is 12.8 Å². The number of carboxylic acid groups (broad SMARTS) is 1. The summed E-state index contributed by atoms with van der Waals surface area (Å²) < 4.78 is 41.0. The Bertz CT molecular complexity index is 1320. The minimum Gasteiger partial charge on any atom is -0.481 e. The topological polar surface area (TPSA) is 74.7 Å². The summed E-state index contributed by atoms with van der Waals surface area (Å²) in [5.74, 6) is -0.912. The van der Waals surface area contributed by atoms with E-state index in [1.807, 2.05) is 12.1 Å². The highest BCUT2D eigenvalue weighted by atomic mass is 35.5. The van der Waals surface area contributed by atoms with E-state index in [2.05, 4.69) is 0 Å². The van der Waals surface area contributed by atoms with Gasteiger partial charge in [-0.2, -0.15) is 4.31 Å². The molecule has 1 N–H and O–H groups in total. The summed E-state index contributed by atoms with van der Waals surface area (Å²) in [4.78, 5) is 11.3. The second kappa shape index (κ2) is 9.58. The molecule has 1 fully saturated rings. The summed E-state index contributed by atoms with van der Waals surface area (Å²) in [6.45, 7) is -0.0103. The molecule has 0 spiro atoms. The molecule has 0 aliphatic carbocycles. The number of piperidine rings is 1. The second-order valence-electron chi connectivity index (χ2n) is 8.20. The number of rotatable bonds is 6. The van der Waals surface area contributed by atoms with Crippen LogP contribution in [0.2, 0.25) is 10.0 Å².